The lowest BCUT2D eigenvalue weighted by Gasteiger charge is -2.37. The molecule has 1 aromatic heterocycles. The van der Waals surface area contributed by atoms with Gasteiger partial charge in [0.1, 0.15) is 5.75 Å². The maximum atomic E-state index is 13.5. The number of nitrogens with one attached hydrogen (secondary N) is 1. The lowest BCUT2D eigenvalue weighted by atomic mass is 9.77. The van der Waals surface area contributed by atoms with Gasteiger partial charge in [-0.05, 0) is 50.6 Å². The van der Waals surface area contributed by atoms with Crippen LogP contribution in [-0.4, -0.2) is 29.0 Å². The molecule has 0 bridgehead atoms. The van der Waals surface area contributed by atoms with Crippen molar-refractivity contribution < 1.29 is 14.3 Å². The molecule has 7 rings (SSSR count). The van der Waals surface area contributed by atoms with Crippen molar-refractivity contribution in [3.63, 3.8) is 0 Å². The van der Waals surface area contributed by atoms with Crippen LogP contribution in [-0.2, 0) is 10.3 Å². The Bertz CT molecular complexity index is 1830. The fourth-order valence-electron chi connectivity index (χ4n) is 5.96. The van der Waals surface area contributed by atoms with Gasteiger partial charge in [0, 0.05) is 47.2 Å². The Kier molecular flexibility index (Phi) is 6.16. The molecule has 0 fully saturated rings. The minimum Gasteiger partial charge on any atom is -0.440 e. The highest BCUT2D eigenvalue weighted by molar-refractivity contribution is 5.97. The van der Waals surface area contributed by atoms with Crippen LogP contribution in [0.3, 0.4) is 0 Å². The average Bonchev–Trinajstić information content (AvgIpc) is 3.31. The van der Waals surface area contributed by atoms with E-state index in [1.165, 1.54) is 0 Å². The van der Waals surface area contributed by atoms with E-state index in [-0.39, 0.29) is 0 Å². The van der Waals surface area contributed by atoms with Crippen molar-refractivity contribution in [2.75, 3.05) is 23.3 Å². The van der Waals surface area contributed by atoms with Gasteiger partial charge in [0.2, 0.25) is 11.8 Å². The zero-order valence-corrected chi connectivity index (χ0v) is 23.7. The normalized spacial score (nSPS) is 16.2. The maximum Gasteiger partial charge on any atom is 0.340 e. The molecule has 7 nitrogen and oxygen atoms in total. The first-order chi connectivity index (χ1) is 20.5. The molecule has 208 valence electrons. The van der Waals surface area contributed by atoms with E-state index >= 15 is 0 Å². The summed E-state index contributed by atoms with van der Waals surface area (Å²) >= 11 is 0. The van der Waals surface area contributed by atoms with Crippen molar-refractivity contribution >= 4 is 23.3 Å². The highest BCUT2D eigenvalue weighted by Gasteiger charge is 2.56. The minimum absolute atomic E-state index is 0.371. The van der Waals surface area contributed by atoms with Crippen LogP contribution in [0.5, 0.6) is 11.6 Å². The number of aryl methyl sites for hydroxylation is 1. The molecule has 3 heterocycles. The van der Waals surface area contributed by atoms with Crippen molar-refractivity contribution in [2.24, 2.45) is 0 Å². The van der Waals surface area contributed by atoms with Crippen molar-refractivity contribution in [2.45, 2.75) is 26.4 Å². The second-order valence-corrected chi connectivity index (χ2v) is 10.5. The number of esters is 1. The molecule has 2 aliphatic heterocycles. The highest BCUT2D eigenvalue weighted by atomic mass is 16.6. The number of nitrogens with zero attached hydrogens (tertiary/aromatic N) is 3. The topological polar surface area (TPSA) is 76.6 Å². The summed E-state index contributed by atoms with van der Waals surface area (Å²) in [5.74, 6) is 1.10. The van der Waals surface area contributed by atoms with Gasteiger partial charge in [-0.15, -0.1) is 0 Å². The smallest absolute Gasteiger partial charge is 0.340 e. The largest absolute Gasteiger partial charge is 0.440 e. The molecule has 2 aliphatic rings. The summed E-state index contributed by atoms with van der Waals surface area (Å²) in [6, 6.07) is 31.5. The number of aromatic nitrogens is 2. The molecule has 0 saturated heterocycles. The molecule has 1 spiro atoms. The Labute approximate surface area is 244 Å². The molecule has 4 aromatic carbocycles. The van der Waals surface area contributed by atoms with E-state index < -0.39 is 11.6 Å². The molecule has 0 radical (unpaired) electrons. The first kappa shape index (κ1) is 25.8. The highest BCUT2D eigenvalue weighted by Crippen LogP contribution is 2.58. The molecule has 0 aliphatic carbocycles. The van der Waals surface area contributed by atoms with Crippen LogP contribution in [0.25, 0.3) is 11.3 Å². The summed E-state index contributed by atoms with van der Waals surface area (Å²) in [6.45, 7) is 7.67. The molecule has 0 amide bonds. The van der Waals surface area contributed by atoms with Crippen LogP contribution < -0.4 is 15.0 Å². The molecule has 1 atom stereocenters. The summed E-state index contributed by atoms with van der Waals surface area (Å²) in [7, 11) is 0. The fourth-order valence-corrected chi connectivity index (χ4v) is 5.96. The van der Waals surface area contributed by atoms with Gasteiger partial charge in [0.25, 0.3) is 0 Å². The van der Waals surface area contributed by atoms with Crippen LogP contribution in [0.2, 0.25) is 0 Å². The third-order valence-electron chi connectivity index (χ3n) is 8.07. The van der Waals surface area contributed by atoms with Gasteiger partial charge in [0.05, 0.1) is 16.8 Å². The molecule has 7 heteroatoms. The van der Waals surface area contributed by atoms with Crippen LogP contribution in [0, 0.1) is 6.92 Å². The van der Waals surface area contributed by atoms with Crippen molar-refractivity contribution in [1.29, 1.82) is 0 Å². The second kappa shape index (κ2) is 10.0. The number of hydrogen-bond acceptors (Lipinski definition) is 7. The molecular formula is C35H30N4O3. The van der Waals surface area contributed by atoms with Crippen LogP contribution in [0.15, 0.2) is 97.1 Å². The number of benzene rings is 4. The molecule has 1 N–H and O–H groups in total. The van der Waals surface area contributed by atoms with Crippen LogP contribution in [0.4, 0.5) is 17.3 Å². The van der Waals surface area contributed by atoms with E-state index in [1.54, 1.807) is 0 Å². The zero-order chi connectivity index (χ0) is 28.8. The number of anilines is 3. The Morgan fingerprint density at radius 2 is 1.57 bits per heavy atom. The molecule has 0 saturated carbocycles. The van der Waals surface area contributed by atoms with Gasteiger partial charge in [-0.3, -0.25) is 0 Å². The molecular weight excluding hydrogens is 524 g/mol. The SMILES string of the molecule is CCN(CC)c1nc2c(c(-c3ccccc3)n1)C1(OC(=O)c3ccccc31)c1ccc(Nc3ccccc3C)cc1O2. The molecule has 1 unspecified atom stereocenters. The Balaban J connectivity index is 1.51. The summed E-state index contributed by atoms with van der Waals surface area (Å²) < 4.78 is 13.1. The van der Waals surface area contributed by atoms with Crippen LogP contribution in [0.1, 0.15) is 46.5 Å². The Hall–Kier alpha value is -5.17. The first-order valence-electron chi connectivity index (χ1n) is 14.2. The summed E-state index contributed by atoms with van der Waals surface area (Å²) in [5.41, 5.74) is 5.84. The standard InChI is InChI=1S/C35H30N4O3/c1-4-39(5-2)34-37-31(23-14-7-6-8-15-23)30-32(38-34)41-29-21-24(36-28-18-12-9-13-22(28)3)19-20-27(29)35(30)26-17-11-10-16-25(26)33(40)42-35/h6-21,36H,4-5H2,1-3H3. The first-order valence-corrected chi connectivity index (χ1v) is 14.2. The third-order valence-corrected chi connectivity index (χ3v) is 8.07. The number of fused-ring (bicyclic) bond motifs is 6. The third kappa shape index (κ3) is 3.92. The monoisotopic (exact) mass is 554 g/mol. The lowest BCUT2D eigenvalue weighted by Crippen LogP contribution is -2.35. The van der Waals surface area contributed by atoms with E-state index in [1.807, 2.05) is 91.0 Å². The van der Waals surface area contributed by atoms with Crippen molar-refractivity contribution in [3.8, 4) is 22.9 Å². The van der Waals surface area contributed by atoms with E-state index in [9.17, 15) is 4.79 Å². The zero-order valence-electron chi connectivity index (χ0n) is 23.7. The summed E-state index contributed by atoms with van der Waals surface area (Å²) in [5, 5.41) is 3.51. The van der Waals surface area contributed by atoms with Crippen molar-refractivity contribution in [3.05, 3.63) is 125 Å². The number of carbonyl (C=O) groups excluding carboxylic acids is 1. The summed E-state index contributed by atoms with van der Waals surface area (Å²) in [6.07, 6.45) is 0. The predicted molar refractivity (Wildman–Crippen MR) is 164 cm³/mol. The average molecular weight is 555 g/mol. The number of ether oxygens (including phenoxy) is 2. The van der Waals surface area contributed by atoms with E-state index in [2.05, 4.69) is 37.1 Å². The van der Waals surface area contributed by atoms with Gasteiger partial charge >= 0.3 is 5.97 Å². The Morgan fingerprint density at radius 3 is 2.36 bits per heavy atom. The van der Waals surface area contributed by atoms with Gasteiger partial charge in [-0.1, -0.05) is 66.7 Å². The number of hydrogen-bond donors (Lipinski definition) is 1. The van der Waals surface area contributed by atoms with Crippen molar-refractivity contribution in [1.82, 2.24) is 9.97 Å². The second-order valence-electron chi connectivity index (χ2n) is 10.5. The quantitative estimate of drug-likeness (QED) is 0.217. The van der Waals surface area contributed by atoms with Gasteiger partial charge < -0.3 is 19.7 Å². The van der Waals surface area contributed by atoms with E-state index in [4.69, 9.17) is 19.4 Å². The number of para-hydroxylation sites is 1. The van der Waals surface area contributed by atoms with Gasteiger partial charge in [-0.25, -0.2) is 9.78 Å². The van der Waals surface area contributed by atoms with E-state index in [0.29, 0.717) is 34.4 Å². The van der Waals surface area contributed by atoms with Gasteiger partial charge in [-0.2, -0.15) is 4.98 Å². The van der Waals surface area contributed by atoms with Crippen LogP contribution >= 0.6 is 0 Å². The molecule has 42 heavy (non-hydrogen) atoms. The molecule has 5 aromatic rings. The lowest BCUT2D eigenvalue weighted by molar-refractivity contribution is 0.0223. The number of carbonyl (C=O) groups is 1. The van der Waals surface area contributed by atoms with Gasteiger partial charge in [0.15, 0.2) is 5.60 Å². The maximum absolute atomic E-state index is 13.5. The number of rotatable bonds is 6. The minimum atomic E-state index is -1.29. The predicted octanol–water partition coefficient (Wildman–Crippen LogP) is 7.61. The fraction of sp³-hybridized carbons (Fsp3) is 0.171. The Morgan fingerprint density at radius 1 is 0.833 bits per heavy atom. The van der Waals surface area contributed by atoms with E-state index in [0.717, 1.165) is 46.7 Å². The summed E-state index contributed by atoms with van der Waals surface area (Å²) in [4.78, 5) is 25.6.